The molecule has 4 aromatic rings. The number of halogens is 1. The molecule has 6 rings (SSSR count). The SMILES string of the molecule is CC1(C)OCC(CO)O1.CNC(=O)/C(=N/OC)c1ccccc1COc1cccc(F)n1.CNC(=O)/C(=N/OC)c1ccccc1COc1cccc(OCC2COC(C)(C)O2)n1. The number of carbonyl (C=O) groups excluding carboxylic acids is 2. The first kappa shape index (κ1) is 49.4. The number of benzene rings is 2. The van der Waals surface area contributed by atoms with Crippen LogP contribution in [0.15, 0.2) is 95.2 Å². The minimum absolute atomic E-state index is 0.0451. The standard InChI is InChI=1S/C22H27N3O6.C16H16FN3O3.C6H12O3/c1-22(2)30-14-16(31-22)13-29-19-11-7-10-18(24-19)28-12-15-8-5-6-9-17(15)20(25-27-4)21(26)23-3;1-18-16(21)15(20-22-2)12-7-4-3-6-11(12)10-23-14-9-5-8-13(17)19-14;1-6(2)8-4-5(3-7)9-6/h5-11,16H,12-14H2,1-4H3,(H,23,26);3-9H,10H2,1-2H3,(H,18,21);5,7H,3-4H2,1-2H3/b25-20+;20-15+;. The summed E-state index contributed by atoms with van der Waals surface area (Å²) in [5.74, 6) is -1.49. The molecular formula is C44H55FN6O12. The molecule has 2 fully saturated rings. The molecule has 18 nitrogen and oxygen atoms in total. The summed E-state index contributed by atoms with van der Waals surface area (Å²) in [7, 11) is 5.79. The van der Waals surface area contributed by atoms with E-state index in [-0.39, 0.29) is 61.1 Å². The highest BCUT2D eigenvalue weighted by Gasteiger charge is 2.33. The van der Waals surface area contributed by atoms with E-state index < -0.39 is 17.5 Å². The van der Waals surface area contributed by atoms with E-state index in [1.807, 2.05) is 45.9 Å². The summed E-state index contributed by atoms with van der Waals surface area (Å²) in [6.07, 6.45) is -0.281. The molecule has 2 aromatic carbocycles. The van der Waals surface area contributed by atoms with Gasteiger partial charge in [-0.2, -0.15) is 14.4 Å². The number of aliphatic hydroxyl groups is 1. The molecule has 2 aliphatic rings. The fourth-order valence-corrected chi connectivity index (χ4v) is 5.81. The lowest BCUT2D eigenvalue weighted by molar-refractivity contribution is -0.142. The summed E-state index contributed by atoms with van der Waals surface area (Å²) in [5, 5.41) is 21.3. The number of rotatable bonds is 16. The van der Waals surface area contributed by atoms with Crippen LogP contribution in [0, 0.1) is 5.95 Å². The van der Waals surface area contributed by atoms with Gasteiger partial charge in [0, 0.05) is 43.4 Å². The minimum atomic E-state index is -0.622. The number of nitrogens with one attached hydrogen (secondary N) is 2. The van der Waals surface area contributed by atoms with Crippen LogP contribution in [0.25, 0.3) is 0 Å². The Balaban J connectivity index is 0.000000237. The molecule has 2 aromatic heterocycles. The first-order chi connectivity index (χ1) is 30.2. The molecule has 2 atom stereocenters. The van der Waals surface area contributed by atoms with Crippen molar-refractivity contribution in [3.63, 3.8) is 0 Å². The molecule has 0 radical (unpaired) electrons. The maximum absolute atomic E-state index is 13.1. The van der Waals surface area contributed by atoms with Gasteiger partial charge in [-0.3, -0.25) is 9.59 Å². The van der Waals surface area contributed by atoms with Crippen molar-refractivity contribution in [2.45, 2.75) is 64.7 Å². The van der Waals surface area contributed by atoms with Crippen LogP contribution in [-0.4, -0.2) is 117 Å². The quantitative estimate of drug-likeness (QED) is 0.0814. The first-order valence-electron chi connectivity index (χ1n) is 19.8. The van der Waals surface area contributed by atoms with Gasteiger partial charge in [-0.15, -0.1) is 0 Å². The average molecular weight is 879 g/mol. The summed E-state index contributed by atoms with van der Waals surface area (Å²) >= 11 is 0. The van der Waals surface area contributed by atoms with E-state index >= 15 is 0 Å². The fraction of sp³-hybridized carbons (Fsp3) is 0.409. The monoisotopic (exact) mass is 878 g/mol. The number of likely N-dealkylation sites (N-methyl/N-ethyl adjacent to an activating group) is 2. The van der Waals surface area contributed by atoms with Crippen molar-refractivity contribution in [3.8, 4) is 17.6 Å². The lowest BCUT2D eigenvalue weighted by Crippen LogP contribution is -2.29. The van der Waals surface area contributed by atoms with Crippen LogP contribution in [0.2, 0.25) is 0 Å². The molecule has 2 unspecified atom stereocenters. The van der Waals surface area contributed by atoms with Gasteiger partial charge in [0.15, 0.2) is 23.0 Å². The highest BCUT2D eigenvalue weighted by atomic mass is 19.1. The molecule has 2 aliphatic heterocycles. The van der Waals surface area contributed by atoms with Crippen molar-refractivity contribution in [3.05, 3.63) is 113 Å². The highest BCUT2D eigenvalue weighted by molar-refractivity contribution is 6.46. The van der Waals surface area contributed by atoms with Gasteiger partial charge in [-0.25, -0.2) is 0 Å². The van der Waals surface area contributed by atoms with Crippen molar-refractivity contribution >= 4 is 23.2 Å². The van der Waals surface area contributed by atoms with Crippen molar-refractivity contribution in [1.29, 1.82) is 0 Å². The third-order valence-electron chi connectivity index (χ3n) is 8.69. The van der Waals surface area contributed by atoms with Gasteiger partial charge in [0.2, 0.25) is 23.6 Å². The van der Waals surface area contributed by atoms with E-state index in [2.05, 4.69) is 30.9 Å². The Kier molecular flexibility index (Phi) is 19.1. The van der Waals surface area contributed by atoms with Gasteiger partial charge < -0.3 is 58.6 Å². The van der Waals surface area contributed by atoms with Gasteiger partial charge in [0.05, 0.1) is 19.8 Å². The summed E-state index contributed by atoms with van der Waals surface area (Å²) < 4.78 is 51.8. The summed E-state index contributed by atoms with van der Waals surface area (Å²) in [5.41, 5.74) is 2.91. The van der Waals surface area contributed by atoms with Crippen LogP contribution in [0.4, 0.5) is 4.39 Å². The Morgan fingerprint density at radius 2 is 1.13 bits per heavy atom. The lowest BCUT2D eigenvalue weighted by atomic mass is 10.0. The zero-order valence-electron chi connectivity index (χ0n) is 36.6. The molecule has 0 aliphatic carbocycles. The van der Waals surface area contributed by atoms with Crippen molar-refractivity contribution in [2.24, 2.45) is 10.3 Å². The molecule has 19 heteroatoms. The second kappa shape index (κ2) is 24.4. The van der Waals surface area contributed by atoms with E-state index in [4.69, 9.17) is 47.9 Å². The van der Waals surface area contributed by atoms with Crippen LogP contribution in [-0.2, 0) is 51.4 Å². The largest absolute Gasteiger partial charge is 0.475 e. The van der Waals surface area contributed by atoms with E-state index in [9.17, 15) is 14.0 Å². The molecular weight excluding hydrogens is 824 g/mol. The van der Waals surface area contributed by atoms with E-state index in [1.165, 1.54) is 40.4 Å². The number of oxime groups is 2. The number of amides is 2. The number of ether oxygens (including phenoxy) is 7. The zero-order valence-corrected chi connectivity index (χ0v) is 36.6. The third-order valence-corrected chi connectivity index (χ3v) is 8.69. The molecule has 4 heterocycles. The number of hydrogen-bond donors (Lipinski definition) is 3. The maximum Gasteiger partial charge on any atom is 0.273 e. The molecule has 340 valence electrons. The first-order valence-corrected chi connectivity index (χ1v) is 19.8. The normalized spacial score (nSPS) is 17.5. The van der Waals surface area contributed by atoms with Crippen LogP contribution in [0.5, 0.6) is 17.6 Å². The summed E-state index contributed by atoms with van der Waals surface area (Å²) in [6, 6.07) is 23.9. The van der Waals surface area contributed by atoms with Crippen LogP contribution in [0.1, 0.15) is 49.9 Å². The Labute approximate surface area is 365 Å². The predicted octanol–water partition coefficient (Wildman–Crippen LogP) is 4.31. The Bertz CT molecular complexity index is 2150. The molecule has 3 N–H and O–H groups in total. The molecule has 2 saturated heterocycles. The van der Waals surface area contributed by atoms with Gasteiger partial charge in [-0.1, -0.05) is 71.0 Å². The topological polar surface area (TPSA) is 212 Å². The van der Waals surface area contributed by atoms with Gasteiger partial charge in [-0.05, 0) is 44.9 Å². The van der Waals surface area contributed by atoms with Crippen molar-refractivity contribution < 1.29 is 61.9 Å². The Hall–Kier alpha value is -6.25. The molecule has 2 amide bonds. The number of hydrogen-bond acceptors (Lipinski definition) is 16. The van der Waals surface area contributed by atoms with Crippen LogP contribution < -0.4 is 24.8 Å². The van der Waals surface area contributed by atoms with Crippen LogP contribution in [0.3, 0.4) is 0 Å². The van der Waals surface area contributed by atoms with Crippen LogP contribution >= 0.6 is 0 Å². The van der Waals surface area contributed by atoms with Crippen molar-refractivity contribution in [1.82, 2.24) is 20.6 Å². The number of aromatic nitrogens is 2. The Morgan fingerprint density at radius 3 is 1.54 bits per heavy atom. The smallest absolute Gasteiger partial charge is 0.273 e. The third kappa shape index (κ3) is 15.9. The predicted molar refractivity (Wildman–Crippen MR) is 228 cm³/mol. The molecule has 63 heavy (non-hydrogen) atoms. The van der Waals surface area contributed by atoms with E-state index in [1.54, 1.807) is 54.6 Å². The summed E-state index contributed by atoms with van der Waals surface area (Å²) in [6.45, 7) is 9.03. The van der Waals surface area contributed by atoms with E-state index in [0.29, 0.717) is 48.3 Å². The van der Waals surface area contributed by atoms with Crippen molar-refractivity contribution in [2.75, 3.05) is 54.7 Å². The van der Waals surface area contributed by atoms with E-state index in [0.717, 1.165) is 5.56 Å². The second-order valence-electron chi connectivity index (χ2n) is 14.3. The number of carbonyl (C=O) groups is 2. The Morgan fingerprint density at radius 1 is 0.683 bits per heavy atom. The van der Waals surface area contributed by atoms with Gasteiger partial charge >= 0.3 is 0 Å². The summed E-state index contributed by atoms with van der Waals surface area (Å²) in [4.78, 5) is 41.7. The fourth-order valence-electron chi connectivity index (χ4n) is 5.81. The maximum atomic E-state index is 13.1. The van der Waals surface area contributed by atoms with Gasteiger partial charge in [0.25, 0.3) is 11.8 Å². The molecule has 0 saturated carbocycles. The number of pyridine rings is 2. The van der Waals surface area contributed by atoms with Gasteiger partial charge in [0.1, 0.15) is 46.2 Å². The number of aliphatic hydroxyl groups excluding tert-OH is 1. The average Bonchev–Trinajstić information content (AvgIpc) is 3.84. The highest BCUT2D eigenvalue weighted by Crippen LogP contribution is 2.24. The molecule has 0 bridgehead atoms. The molecule has 0 spiro atoms. The minimum Gasteiger partial charge on any atom is -0.475 e. The lowest BCUT2D eigenvalue weighted by Gasteiger charge is -2.17. The number of nitrogens with zero attached hydrogens (tertiary/aromatic N) is 4. The zero-order chi connectivity index (χ0) is 45.8. The second-order valence-corrected chi connectivity index (χ2v) is 14.3.